The fourth-order valence-electron chi connectivity index (χ4n) is 2.39. The molecule has 114 valence electrons. The normalized spacial score (nSPS) is 18.0. The van der Waals surface area contributed by atoms with Crippen LogP contribution in [0.15, 0.2) is 24.3 Å². The van der Waals surface area contributed by atoms with Crippen molar-refractivity contribution in [3.63, 3.8) is 0 Å². The van der Waals surface area contributed by atoms with E-state index in [1.165, 1.54) is 29.2 Å². The summed E-state index contributed by atoms with van der Waals surface area (Å²) in [5, 5.41) is 9.04. The molecule has 0 bridgehead atoms. The largest absolute Gasteiger partial charge is 0.480 e. The van der Waals surface area contributed by atoms with Crippen LogP contribution < -0.4 is 4.74 Å². The number of ether oxygens (including phenoxy) is 1. The summed E-state index contributed by atoms with van der Waals surface area (Å²) in [7, 11) is 0. The lowest BCUT2D eigenvalue weighted by Gasteiger charge is -2.21. The fraction of sp³-hybridized carbons (Fsp3) is 0.429. The number of likely N-dealkylation sites (tertiary alicyclic amines) is 1. The summed E-state index contributed by atoms with van der Waals surface area (Å²) in [5.74, 6) is -1.25. The molecular formula is C14H15F2NO4. The number of carbonyl (C=O) groups is 2. The maximum Gasteiger partial charge on any atom is 0.387 e. The highest BCUT2D eigenvalue weighted by Crippen LogP contribution is 2.20. The van der Waals surface area contributed by atoms with Gasteiger partial charge in [0.1, 0.15) is 11.8 Å². The van der Waals surface area contributed by atoms with Crippen molar-refractivity contribution in [3.05, 3.63) is 29.8 Å². The summed E-state index contributed by atoms with van der Waals surface area (Å²) < 4.78 is 28.2. The molecule has 1 heterocycles. The molecule has 1 amide bonds. The van der Waals surface area contributed by atoms with Crippen LogP contribution in [0.1, 0.15) is 18.4 Å². The molecule has 0 spiro atoms. The smallest absolute Gasteiger partial charge is 0.387 e. The summed E-state index contributed by atoms with van der Waals surface area (Å²) in [5.41, 5.74) is 0.623. The molecule has 0 aliphatic carbocycles. The first-order valence-corrected chi connectivity index (χ1v) is 6.53. The molecule has 1 N–H and O–H groups in total. The van der Waals surface area contributed by atoms with Gasteiger partial charge in [0.2, 0.25) is 5.91 Å². The molecule has 0 saturated carbocycles. The lowest BCUT2D eigenvalue weighted by Crippen LogP contribution is -2.41. The Balaban J connectivity index is 1.97. The zero-order valence-electron chi connectivity index (χ0n) is 11.2. The van der Waals surface area contributed by atoms with Crippen LogP contribution in [0.25, 0.3) is 0 Å². The Labute approximate surface area is 120 Å². The van der Waals surface area contributed by atoms with Crippen LogP contribution in [0.4, 0.5) is 8.78 Å². The lowest BCUT2D eigenvalue weighted by atomic mass is 10.1. The summed E-state index contributed by atoms with van der Waals surface area (Å²) in [6.45, 7) is -2.46. The van der Waals surface area contributed by atoms with Gasteiger partial charge in [-0.2, -0.15) is 8.78 Å². The van der Waals surface area contributed by atoms with Gasteiger partial charge >= 0.3 is 12.6 Å². The standard InChI is InChI=1S/C14H15F2NO4/c15-14(16)21-10-5-3-9(4-6-10)8-12(18)17-7-1-2-11(17)13(19)20/h3-6,11,14H,1-2,7-8H2,(H,19,20)/t11-/m0/s1. The minimum atomic E-state index is -2.89. The number of carbonyl (C=O) groups excluding carboxylic acids is 1. The van der Waals surface area contributed by atoms with Crippen LogP contribution in [0.3, 0.4) is 0 Å². The van der Waals surface area contributed by atoms with Crippen molar-refractivity contribution in [1.82, 2.24) is 4.90 Å². The number of rotatable bonds is 5. The Bertz CT molecular complexity index is 518. The molecule has 7 heteroatoms. The first kappa shape index (κ1) is 15.2. The summed E-state index contributed by atoms with van der Waals surface area (Å²) in [6.07, 6.45) is 1.17. The molecule has 0 radical (unpaired) electrons. The summed E-state index contributed by atoms with van der Waals surface area (Å²) in [6, 6.07) is 4.97. The van der Waals surface area contributed by atoms with Gasteiger partial charge in [-0.3, -0.25) is 4.79 Å². The van der Waals surface area contributed by atoms with E-state index in [1.807, 2.05) is 0 Å². The number of hydrogen-bond donors (Lipinski definition) is 1. The molecule has 1 aromatic carbocycles. The molecule has 1 aromatic rings. The zero-order valence-corrected chi connectivity index (χ0v) is 11.2. The van der Waals surface area contributed by atoms with E-state index in [2.05, 4.69) is 4.74 Å². The van der Waals surface area contributed by atoms with Crippen molar-refractivity contribution in [2.24, 2.45) is 0 Å². The monoisotopic (exact) mass is 299 g/mol. The molecule has 0 aromatic heterocycles. The van der Waals surface area contributed by atoms with E-state index in [0.717, 1.165) is 0 Å². The highest BCUT2D eigenvalue weighted by molar-refractivity contribution is 5.85. The van der Waals surface area contributed by atoms with E-state index < -0.39 is 18.6 Å². The number of benzene rings is 1. The van der Waals surface area contributed by atoms with E-state index in [0.29, 0.717) is 24.9 Å². The van der Waals surface area contributed by atoms with E-state index in [4.69, 9.17) is 5.11 Å². The molecule has 2 rings (SSSR count). The molecule has 1 fully saturated rings. The third-order valence-corrected chi connectivity index (χ3v) is 3.36. The van der Waals surface area contributed by atoms with Gasteiger partial charge in [0.25, 0.3) is 0 Å². The predicted molar refractivity (Wildman–Crippen MR) is 69.1 cm³/mol. The van der Waals surface area contributed by atoms with E-state index >= 15 is 0 Å². The number of aliphatic carboxylic acids is 1. The van der Waals surface area contributed by atoms with Crippen molar-refractivity contribution in [1.29, 1.82) is 0 Å². The van der Waals surface area contributed by atoms with Gasteiger partial charge in [0.15, 0.2) is 0 Å². The van der Waals surface area contributed by atoms with Crippen LogP contribution >= 0.6 is 0 Å². The van der Waals surface area contributed by atoms with Crippen molar-refractivity contribution in [2.75, 3.05) is 6.54 Å². The van der Waals surface area contributed by atoms with Gasteiger partial charge in [-0.1, -0.05) is 12.1 Å². The first-order valence-electron chi connectivity index (χ1n) is 6.53. The van der Waals surface area contributed by atoms with E-state index in [9.17, 15) is 18.4 Å². The van der Waals surface area contributed by atoms with E-state index in [1.54, 1.807) is 0 Å². The number of nitrogens with zero attached hydrogens (tertiary/aromatic N) is 1. The number of hydrogen-bond acceptors (Lipinski definition) is 3. The van der Waals surface area contributed by atoms with E-state index in [-0.39, 0.29) is 18.1 Å². The quantitative estimate of drug-likeness (QED) is 0.902. The molecule has 1 saturated heterocycles. The number of halogens is 2. The molecule has 1 aliphatic rings. The second-order valence-corrected chi connectivity index (χ2v) is 4.78. The van der Waals surface area contributed by atoms with Gasteiger partial charge in [0.05, 0.1) is 6.42 Å². The summed E-state index contributed by atoms with van der Waals surface area (Å²) >= 11 is 0. The third kappa shape index (κ3) is 3.90. The molecule has 5 nitrogen and oxygen atoms in total. The second kappa shape index (κ2) is 6.51. The van der Waals surface area contributed by atoms with Crippen molar-refractivity contribution in [3.8, 4) is 5.75 Å². The van der Waals surface area contributed by atoms with Gasteiger partial charge in [-0.05, 0) is 30.5 Å². The van der Waals surface area contributed by atoms with Crippen molar-refractivity contribution < 1.29 is 28.2 Å². The molecule has 21 heavy (non-hydrogen) atoms. The average molecular weight is 299 g/mol. The van der Waals surface area contributed by atoms with Gasteiger partial charge in [-0.25, -0.2) is 4.79 Å². The fourth-order valence-corrected chi connectivity index (χ4v) is 2.39. The van der Waals surface area contributed by atoms with Crippen molar-refractivity contribution in [2.45, 2.75) is 31.9 Å². The maximum atomic E-state index is 12.1. The van der Waals surface area contributed by atoms with Crippen LogP contribution in [0.2, 0.25) is 0 Å². The topological polar surface area (TPSA) is 66.8 Å². The molecule has 0 unspecified atom stereocenters. The number of amides is 1. The Hall–Kier alpha value is -2.18. The Morgan fingerprint density at radius 1 is 1.33 bits per heavy atom. The van der Waals surface area contributed by atoms with Gasteiger partial charge < -0.3 is 14.7 Å². The van der Waals surface area contributed by atoms with Gasteiger partial charge in [-0.15, -0.1) is 0 Å². The third-order valence-electron chi connectivity index (χ3n) is 3.36. The minimum Gasteiger partial charge on any atom is -0.480 e. The Morgan fingerprint density at radius 3 is 2.57 bits per heavy atom. The number of alkyl halides is 2. The predicted octanol–water partition coefficient (Wildman–Crippen LogP) is 1.91. The second-order valence-electron chi connectivity index (χ2n) is 4.78. The van der Waals surface area contributed by atoms with Crippen LogP contribution in [0, 0.1) is 0 Å². The SMILES string of the molecule is O=C(O)[C@@H]1CCCN1C(=O)Cc1ccc(OC(F)F)cc1. The highest BCUT2D eigenvalue weighted by atomic mass is 19.3. The first-order chi connectivity index (χ1) is 9.97. The van der Waals surface area contributed by atoms with Crippen LogP contribution in [-0.2, 0) is 16.0 Å². The Kier molecular flexibility index (Phi) is 4.72. The van der Waals surface area contributed by atoms with Crippen LogP contribution in [0.5, 0.6) is 5.75 Å². The number of carboxylic acids is 1. The van der Waals surface area contributed by atoms with Crippen LogP contribution in [-0.4, -0.2) is 41.1 Å². The zero-order chi connectivity index (χ0) is 15.4. The van der Waals surface area contributed by atoms with Crippen molar-refractivity contribution >= 4 is 11.9 Å². The minimum absolute atomic E-state index is 0.0192. The Morgan fingerprint density at radius 2 is 2.00 bits per heavy atom. The highest BCUT2D eigenvalue weighted by Gasteiger charge is 2.33. The number of carboxylic acid groups (broad SMARTS) is 1. The molecular weight excluding hydrogens is 284 g/mol. The molecule has 1 atom stereocenters. The average Bonchev–Trinajstić information content (AvgIpc) is 2.90. The van der Waals surface area contributed by atoms with Gasteiger partial charge in [0, 0.05) is 6.54 Å². The summed E-state index contributed by atoms with van der Waals surface area (Å²) in [4.78, 5) is 24.5. The molecule has 1 aliphatic heterocycles. The lowest BCUT2D eigenvalue weighted by molar-refractivity contribution is -0.148. The maximum absolute atomic E-state index is 12.1.